The highest BCUT2D eigenvalue weighted by Gasteiger charge is 2.24. The van der Waals surface area contributed by atoms with Gasteiger partial charge in [-0.25, -0.2) is 4.98 Å². The average molecular weight is 218 g/mol. The van der Waals surface area contributed by atoms with Crippen LogP contribution in [0.2, 0.25) is 0 Å². The smallest absolute Gasteiger partial charge is 0.180 e. The fraction of sp³-hybridized carbons (Fsp3) is 0.364. The molecule has 1 aliphatic rings. The predicted octanol–water partition coefficient (Wildman–Crippen LogP) is 0.974. The van der Waals surface area contributed by atoms with Crippen LogP contribution in [0, 0.1) is 0 Å². The standard InChI is InChI=1S/C11H14N4O/c1-14-4-5-15-3-2-8(11(14)15)10(12)9-6-13-7-16-9/h2-3,6-7,10H,4-5,12H2,1H3. The summed E-state index contributed by atoms with van der Waals surface area (Å²) < 4.78 is 7.46. The van der Waals surface area contributed by atoms with E-state index >= 15 is 0 Å². The molecule has 2 aromatic rings. The summed E-state index contributed by atoms with van der Waals surface area (Å²) in [4.78, 5) is 6.11. The van der Waals surface area contributed by atoms with Gasteiger partial charge in [0.2, 0.25) is 0 Å². The molecule has 5 nitrogen and oxygen atoms in total. The molecule has 0 aromatic carbocycles. The van der Waals surface area contributed by atoms with Gasteiger partial charge in [-0.05, 0) is 6.07 Å². The summed E-state index contributed by atoms with van der Waals surface area (Å²) in [6, 6.07) is 1.82. The Morgan fingerprint density at radius 2 is 2.38 bits per heavy atom. The molecule has 3 rings (SSSR count). The summed E-state index contributed by atoms with van der Waals surface area (Å²) in [7, 11) is 2.08. The van der Waals surface area contributed by atoms with Crippen LogP contribution >= 0.6 is 0 Å². The van der Waals surface area contributed by atoms with Gasteiger partial charge in [0, 0.05) is 31.9 Å². The van der Waals surface area contributed by atoms with E-state index in [2.05, 4.69) is 33.8 Å². The van der Waals surface area contributed by atoms with Crippen LogP contribution in [0.3, 0.4) is 0 Å². The topological polar surface area (TPSA) is 60.2 Å². The lowest BCUT2D eigenvalue weighted by atomic mass is 10.1. The lowest BCUT2D eigenvalue weighted by Crippen LogP contribution is -2.18. The number of aromatic nitrogens is 2. The molecule has 3 heterocycles. The number of hydrogen-bond donors (Lipinski definition) is 1. The number of fused-ring (bicyclic) bond motifs is 1. The Hall–Kier alpha value is -1.75. The number of nitrogens with zero attached hydrogens (tertiary/aromatic N) is 3. The van der Waals surface area contributed by atoms with E-state index in [4.69, 9.17) is 10.2 Å². The van der Waals surface area contributed by atoms with Crippen LogP contribution in [0.25, 0.3) is 0 Å². The van der Waals surface area contributed by atoms with E-state index in [1.54, 1.807) is 6.20 Å². The highest BCUT2D eigenvalue weighted by atomic mass is 16.3. The Balaban J connectivity index is 2.02. The highest BCUT2D eigenvalue weighted by Crippen LogP contribution is 2.32. The first-order valence-corrected chi connectivity index (χ1v) is 5.31. The minimum Gasteiger partial charge on any atom is -0.446 e. The molecule has 0 saturated heterocycles. The van der Waals surface area contributed by atoms with Gasteiger partial charge in [-0.2, -0.15) is 0 Å². The minimum absolute atomic E-state index is 0.237. The summed E-state index contributed by atoms with van der Waals surface area (Å²) in [5.41, 5.74) is 7.26. The molecule has 1 atom stereocenters. The Morgan fingerprint density at radius 1 is 1.50 bits per heavy atom. The van der Waals surface area contributed by atoms with Crippen LogP contribution in [-0.2, 0) is 6.54 Å². The summed E-state index contributed by atoms with van der Waals surface area (Å²) in [5, 5.41) is 0. The number of anilines is 1. The van der Waals surface area contributed by atoms with Gasteiger partial charge in [-0.15, -0.1) is 0 Å². The zero-order valence-electron chi connectivity index (χ0n) is 9.13. The van der Waals surface area contributed by atoms with E-state index in [0.717, 1.165) is 18.7 Å². The number of oxazole rings is 1. The molecule has 1 aliphatic heterocycles. The molecule has 0 fully saturated rings. The third-order valence-electron chi connectivity index (χ3n) is 3.10. The molecular formula is C11H14N4O. The van der Waals surface area contributed by atoms with Crippen molar-refractivity contribution in [1.29, 1.82) is 0 Å². The van der Waals surface area contributed by atoms with Gasteiger partial charge in [-0.3, -0.25) is 0 Å². The summed E-state index contributed by atoms with van der Waals surface area (Å²) >= 11 is 0. The van der Waals surface area contributed by atoms with Crippen molar-refractivity contribution >= 4 is 5.82 Å². The molecule has 0 saturated carbocycles. The van der Waals surface area contributed by atoms with E-state index in [1.165, 1.54) is 12.2 Å². The fourth-order valence-electron chi connectivity index (χ4n) is 2.24. The molecule has 0 spiro atoms. The summed E-state index contributed by atoms with van der Waals surface area (Å²) in [5.74, 6) is 1.89. The Kier molecular flexibility index (Phi) is 2.00. The monoisotopic (exact) mass is 218 g/mol. The first-order valence-electron chi connectivity index (χ1n) is 5.31. The lowest BCUT2D eigenvalue weighted by molar-refractivity contribution is 0.485. The molecule has 0 aliphatic carbocycles. The van der Waals surface area contributed by atoms with Crippen LogP contribution in [0.1, 0.15) is 17.4 Å². The minimum atomic E-state index is -0.237. The Morgan fingerprint density at radius 3 is 3.12 bits per heavy atom. The third-order valence-corrected chi connectivity index (χ3v) is 3.10. The second kappa shape index (κ2) is 3.38. The van der Waals surface area contributed by atoms with Gasteiger partial charge in [0.15, 0.2) is 6.39 Å². The number of likely N-dealkylation sites (N-methyl/N-ethyl adjacent to an activating group) is 1. The Bertz CT molecular complexity index is 488. The summed E-state index contributed by atoms with van der Waals surface area (Å²) in [6.45, 7) is 2.06. The molecule has 0 bridgehead atoms. The number of hydrogen-bond acceptors (Lipinski definition) is 4. The molecule has 5 heteroatoms. The molecule has 0 amide bonds. The van der Waals surface area contributed by atoms with Gasteiger partial charge < -0.3 is 19.6 Å². The lowest BCUT2D eigenvalue weighted by Gasteiger charge is -2.15. The van der Waals surface area contributed by atoms with Crippen LogP contribution in [0.5, 0.6) is 0 Å². The first kappa shape index (κ1) is 9.47. The molecule has 2 N–H and O–H groups in total. The maximum Gasteiger partial charge on any atom is 0.180 e. The average Bonchev–Trinajstić information content (AvgIpc) is 2.95. The second-order valence-electron chi connectivity index (χ2n) is 4.09. The van der Waals surface area contributed by atoms with E-state index in [0.29, 0.717) is 5.76 Å². The second-order valence-corrected chi connectivity index (χ2v) is 4.09. The molecule has 0 radical (unpaired) electrons. The number of rotatable bonds is 2. The van der Waals surface area contributed by atoms with Gasteiger partial charge in [-0.1, -0.05) is 0 Å². The van der Waals surface area contributed by atoms with Gasteiger partial charge in [0.25, 0.3) is 0 Å². The van der Waals surface area contributed by atoms with E-state index in [9.17, 15) is 0 Å². The van der Waals surface area contributed by atoms with Crippen molar-refractivity contribution in [1.82, 2.24) is 9.55 Å². The Labute approximate surface area is 93.5 Å². The maximum absolute atomic E-state index is 6.17. The fourth-order valence-corrected chi connectivity index (χ4v) is 2.24. The molecular weight excluding hydrogens is 204 g/mol. The summed E-state index contributed by atoms with van der Waals surface area (Å²) in [6.07, 6.45) is 5.16. The van der Waals surface area contributed by atoms with Crippen molar-refractivity contribution in [3.8, 4) is 0 Å². The molecule has 84 valence electrons. The molecule has 2 aromatic heterocycles. The van der Waals surface area contributed by atoms with Crippen molar-refractivity contribution in [2.45, 2.75) is 12.6 Å². The molecule has 1 unspecified atom stereocenters. The van der Waals surface area contributed by atoms with Crippen molar-refractivity contribution in [2.75, 3.05) is 18.5 Å². The number of nitrogens with two attached hydrogens (primary N) is 1. The van der Waals surface area contributed by atoms with E-state index in [-0.39, 0.29) is 6.04 Å². The molecule has 16 heavy (non-hydrogen) atoms. The largest absolute Gasteiger partial charge is 0.446 e. The van der Waals surface area contributed by atoms with Crippen LogP contribution in [0.4, 0.5) is 5.82 Å². The van der Waals surface area contributed by atoms with Crippen LogP contribution < -0.4 is 10.6 Å². The quantitative estimate of drug-likeness (QED) is 0.816. The van der Waals surface area contributed by atoms with E-state index in [1.807, 2.05) is 0 Å². The highest BCUT2D eigenvalue weighted by molar-refractivity contribution is 5.54. The van der Waals surface area contributed by atoms with Crippen molar-refractivity contribution in [3.05, 3.63) is 36.2 Å². The maximum atomic E-state index is 6.17. The van der Waals surface area contributed by atoms with Crippen molar-refractivity contribution in [3.63, 3.8) is 0 Å². The first-order chi connectivity index (χ1) is 7.77. The van der Waals surface area contributed by atoms with Gasteiger partial charge >= 0.3 is 0 Å². The van der Waals surface area contributed by atoms with Crippen LogP contribution in [-0.4, -0.2) is 23.1 Å². The van der Waals surface area contributed by atoms with Crippen molar-refractivity contribution in [2.24, 2.45) is 5.73 Å². The normalized spacial score (nSPS) is 16.5. The van der Waals surface area contributed by atoms with Crippen molar-refractivity contribution < 1.29 is 4.42 Å². The van der Waals surface area contributed by atoms with E-state index < -0.39 is 0 Å². The zero-order chi connectivity index (χ0) is 11.1. The van der Waals surface area contributed by atoms with Crippen LogP contribution in [0.15, 0.2) is 29.3 Å². The van der Waals surface area contributed by atoms with Gasteiger partial charge in [0.1, 0.15) is 11.6 Å². The third kappa shape index (κ3) is 1.25. The SMILES string of the molecule is CN1CCn2ccc(C(N)c3cnco3)c21. The van der Waals surface area contributed by atoms with Gasteiger partial charge in [0.05, 0.1) is 12.2 Å². The zero-order valence-corrected chi connectivity index (χ0v) is 9.13. The predicted molar refractivity (Wildman–Crippen MR) is 60.2 cm³/mol.